The molecular weight excluding hydrogens is 1000 g/mol. The molecule has 376 valence electrons. The highest BCUT2D eigenvalue weighted by Crippen LogP contribution is 2.42. The van der Waals surface area contributed by atoms with E-state index >= 15 is 0 Å². The Morgan fingerprint density at radius 3 is 1.30 bits per heavy atom. The number of hydrogen-bond acceptors (Lipinski definition) is 6. The molecule has 18 heteroatoms. The van der Waals surface area contributed by atoms with Crippen LogP contribution in [0.15, 0.2) is 60.7 Å². The number of alkyl halides is 6. The molecule has 0 saturated heterocycles. The summed E-state index contributed by atoms with van der Waals surface area (Å²) in [5.74, 6) is 0.143. The minimum Gasteiger partial charge on any atom is -0.489 e. The molecule has 8 rings (SSSR count). The Hall–Kier alpha value is -4.76. The number of hydrogen-bond donors (Lipinski definition) is 0. The molecule has 6 aromatic rings. The number of ether oxygens (including phenoxy) is 4. The molecule has 4 atom stereocenters. The normalized spacial score (nSPS) is 18.3. The number of carbonyl (C=O) groups excluding carboxylic acids is 2. The Labute approximate surface area is 422 Å². The fourth-order valence-electron chi connectivity index (χ4n) is 9.42. The molecule has 0 radical (unpaired) electrons. The van der Waals surface area contributed by atoms with Gasteiger partial charge >= 0.3 is 24.3 Å². The lowest BCUT2D eigenvalue weighted by Gasteiger charge is -2.18. The van der Waals surface area contributed by atoms with Gasteiger partial charge in [-0.25, -0.2) is 0 Å². The van der Waals surface area contributed by atoms with Gasteiger partial charge in [0.05, 0.1) is 58.4 Å². The number of rotatable bonds is 12. The third-order valence-corrected chi connectivity index (χ3v) is 14.7. The van der Waals surface area contributed by atoms with Gasteiger partial charge in [-0.05, 0) is 149 Å². The van der Waals surface area contributed by atoms with E-state index in [1.807, 2.05) is 12.1 Å². The summed E-state index contributed by atoms with van der Waals surface area (Å²) in [5, 5.41) is 3.08. The van der Waals surface area contributed by atoms with E-state index in [-0.39, 0.29) is 36.0 Å². The van der Waals surface area contributed by atoms with Crippen molar-refractivity contribution in [2.45, 2.75) is 104 Å². The molecule has 2 saturated carbocycles. The Bertz CT molecular complexity index is 2730. The van der Waals surface area contributed by atoms with Gasteiger partial charge in [0.15, 0.2) is 0 Å². The smallest absolute Gasteiger partial charge is 0.416 e. The van der Waals surface area contributed by atoms with Crippen LogP contribution in [-0.2, 0) is 58.4 Å². The molecule has 70 heavy (non-hydrogen) atoms. The highest BCUT2D eigenvalue weighted by atomic mass is 35.5. The molecule has 0 aliphatic heterocycles. The molecule has 0 N–H and O–H groups in total. The molecule has 0 unspecified atom stereocenters. The van der Waals surface area contributed by atoms with Gasteiger partial charge in [0.25, 0.3) is 0 Å². The lowest BCUT2D eigenvalue weighted by molar-refractivity contribution is -0.148. The van der Waals surface area contributed by atoms with E-state index in [9.17, 15) is 35.9 Å². The van der Waals surface area contributed by atoms with Crippen molar-refractivity contribution < 1.29 is 54.9 Å². The van der Waals surface area contributed by atoms with E-state index in [1.54, 1.807) is 75.2 Å². The lowest BCUT2D eigenvalue weighted by atomic mass is 10.1. The Kier molecular flexibility index (Phi) is 16.3. The van der Waals surface area contributed by atoms with Crippen molar-refractivity contribution >= 4 is 80.1 Å². The Morgan fingerprint density at radius 1 is 0.586 bits per heavy atom. The quantitative estimate of drug-likeness (QED) is 0.0897. The third kappa shape index (κ3) is 11.6. The van der Waals surface area contributed by atoms with Gasteiger partial charge in [0, 0.05) is 70.2 Å². The summed E-state index contributed by atoms with van der Waals surface area (Å²) in [4.78, 5) is 24.1. The van der Waals surface area contributed by atoms with E-state index in [0.29, 0.717) is 129 Å². The van der Waals surface area contributed by atoms with Crippen LogP contribution in [0.5, 0.6) is 11.5 Å². The summed E-state index contributed by atoms with van der Waals surface area (Å²) in [6.45, 7) is 7.59. The van der Waals surface area contributed by atoms with Gasteiger partial charge < -0.3 is 28.1 Å². The molecule has 2 aliphatic rings. The molecule has 2 heterocycles. The molecule has 0 spiro atoms. The zero-order valence-corrected chi connectivity index (χ0v) is 42.3. The van der Waals surface area contributed by atoms with Gasteiger partial charge in [0.2, 0.25) is 0 Å². The molecule has 4 aromatic carbocycles. The maximum absolute atomic E-state index is 13.3. The minimum atomic E-state index is -4.42. The Balaban J connectivity index is 0.000000206. The molecule has 8 nitrogen and oxygen atoms in total. The maximum Gasteiger partial charge on any atom is 0.416 e. The second-order valence-electron chi connectivity index (χ2n) is 17.9. The fourth-order valence-corrected chi connectivity index (χ4v) is 10.5. The van der Waals surface area contributed by atoms with Gasteiger partial charge in [-0.1, -0.05) is 46.4 Å². The largest absolute Gasteiger partial charge is 0.489 e. The molecular formula is C52H52Cl4F6N2O6. The SMILES string of the molecule is CCOC(=O)[C@@H]1CC[C@H](Oc2ccc(Cl)c(Cc3cc4c(C)cc(C(F)(F)F)cc4n3C)c2Cl)C1.CCOC(=O)[C@H]1CC[C@H](Oc2ccc(Cl)c(Cc3cc4c(C)cc(C(F)(F)F)cc4n3C)c2Cl)C1. The average Bonchev–Trinajstić information content (AvgIpc) is 4.10. The van der Waals surface area contributed by atoms with Crippen LogP contribution in [0, 0.1) is 25.7 Å². The standard InChI is InChI=1S/2C26H26Cl2F3NO3/c2*1-4-34-25(33)15-5-6-18(10-15)35-23-8-7-21(27)20(24(23)28)13-17-12-19-14(2)9-16(26(29,30)31)11-22(19)32(17)3/h2*7-9,11-12,15,18H,4-6,10,13H2,1-3H3/t15-,18+;15-,18-/m10/s1. The highest BCUT2D eigenvalue weighted by Gasteiger charge is 2.36. The number of carbonyl (C=O) groups is 2. The van der Waals surface area contributed by atoms with Gasteiger partial charge in [-0.2, -0.15) is 26.3 Å². The van der Waals surface area contributed by atoms with Crippen LogP contribution in [-0.4, -0.2) is 46.5 Å². The summed E-state index contributed by atoms with van der Waals surface area (Å²) in [7, 11) is 3.46. The predicted molar refractivity (Wildman–Crippen MR) is 261 cm³/mol. The van der Waals surface area contributed by atoms with Crippen molar-refractivity contribution in [3.05, 3.63) is 126 Å². The van der Waals surface area contributed by atoms with E-state index < -0.39 is 23.5 Å². The summed E-state index contributed by atoms with van der Waals surface area (Å²) in [6.07, 6.45) is -4.64. The van der Waals surface area contributed by atoms with Gasteiger partial charge in [0.1, 0.15) is 11.5 Å². The van der Waals surface area contributed by atoms with Gasteiger partial charge in [-0.3, -0.25) is 9.59 Å². The predicted octanol–water partition coefficient (Wildman–Crippen LogP) is 15.0. The number of halogens is 10. The van der Waals surface area contributed by atoms with Crippen molar-refractivity contribution in [2.24, 2.45) is 25.9 Å². The first kappa shape index (κ1) is 53.0. The molecule has 0 amide bonds. The van der Waals surface area contributed by atoms with Gasteiger partial charge in [-0.15, -0.1) is 0 Å². The summed E-state index contributed by atoms with van der Waals surface area (Å²) < 4.78 is 106. The fraction of sp³-hybridized carbons (Fsp3) is 0.423. The number of nitrogens with zero attached hydrogens (tertiary/aromatic N) is 2. The van der Waals surface area contributed by atoms with Crippen molar-refractivity contribution in [1.29, 1.82) is 0 Å². The number of fused-ring (bicyclic) bond motifs is 2. The zero-order chi connectivity index (χ0) is 51.0. The van der Waals surface area contributed by atoms with Crippen LogP contribution in [0.2, 0.25) is 20.1 Å². The van der Waals surface area contributed by atoms with Crippen molar-refractivity contribution in [3.8, 4) is 11.5 Å². The first-order valence-corrected chi connectivity index (χ1v) is 24.4. The van der Waals surface area contributed by atoms with Crippen LogP contribution in [0.1, 0.15) is 97.1 Å². The number of esters is 2. The number of aromatic nitrogens is 2. The summed E-state index contributed by atoms with van der Waals surface area (Å²) >= 11 is 26.4. The number of benzene rings is 4. The maximum atomic E-state index is 13.3. The van der Waals surface area contributed by atoms with Crippen LogP contribution in [0.3, 0.4) is 0 Å². The lowest BCUT2D eigenvalue weighted by Crippen LogP contribution is -2.18. The van der Waals surface area contributed by atoms with Crippen molar-refractivity contribution in [1.82, 2.24) is 9.13 Å². The van der Waals surface area contributed by atoms with Crippen molar-refractivity contribution in [2.75, 3.05) is 13.2 Å². The van der Waals surface area contributed by atoms with Crippen molar-refractivity contribution in [3.63, 3.8) is 0 Å². The first-order chi connectivity index (χ1) is 33.0. The summed E-state index contributed by atoms with van der Waals surface area (Å²) in [6, 6.07) is 15.2. The topological polar surface area (TPSA) is 80.9 Å². The second kappa shape index (κ2) is 21.5. The molecule has 0 bridgehead atoms. The van der Waals surface area contributed by atoms with E-state index in [2.05, 4.69) is 0 Å². The summed E-state index contributed by atoms with van der Waals surface area (Å²) in [5.41, 5.74) is 3.50. The minimum absolute atomic E-state index is 0.169. The third-order valence-electron chi connectivity index (χ3n) is 13.2. The average molecular weight is 1060 g/mol. The first-order valence-electron chi connectivity index (χ1n) is 22.9. The van der Waals surface area contributed by atoms with E-state index in [0.717, 1.165) is 46.4 Å². The monoisotopic (exact) mass is 1050 g/mol. The second-order valence-corrected chi connectivity index (χ2v) is 19.4. The van der Waals surface area contributed by atoms with Crippen LogP contribution < -0.4 is 9.47 Å². The molecule has 2 aromatic heterocycles. The van der Waals surface area contributed by atoms with Crippen LogP contribution in [0.25, 0.3) is 21.8 Å². The van der Waals surface area contributed by atoms with E-state index in [4.69, 9.17) is 65.4 Å². The van der Waals surface area contributed by atoms with Crippen LogP contribution >= 0.6 is 46.4 Å². The highest BCUT2D eigenvalue weighted by molar-refractivity contribution is 6.37. The molecule has 2 aliphatic carbocycles. The number of aryl methyl sites for hydroxylation is 4. The Morgan fingerprint density at radius 2 is 0.957 bits per heavy atom. The van der Waals surface area contributed by atoms with E-state index in [1.165, 1.54) is 0 Å². The molecule has 2 fully saturated rings. The van der Waals surface area contributed by atoms with Crippen LogP contribution in [0.4, 0.5) is 26.3 Å². The zero-order valence-electron chi connectivity index (χ0n) is 39.3.